The monoisotopic (exact) mass is 112 g/mol. The fourth-order valence-corrected chi connectivity index (χ4v) is 0.275. The zero-order valence-corrected chi connectivity index (χ0v) is 5.16. The first-order valence-corrected chi connectivity index (χ1v) is 2.51. The Labute approximate surface area is 49.4 Å². The number of allylic oxidation sites excluding steroid dienone is 2. The summed E-state index contributed by atoms with van der Waals surface area (Å²) in [5.41, 5.74) is 0. The van der Waals surface area contributed by atoms with E-state index >= 15 is 0 Å². The molecule has 0 spiro atoms. The molecule has 0 saturated heterocycles. The summed E-state index contributed by atoms with van der Waals surface area (Å²) in [5.74, 6) is 5.05. The van der Waals surface area contributed by atoms with Gasteiger partial charge in [0.25, 0.3) is 0 Å². The van der Waals surface area contributed by atoms with Crippen molar-refractivity contribution in [2.45, 2.75) is 20.3 Å². The van der Waals surface area contributed by atoms with Crippen LogP contribution in [0.3, 0.4) is 0 Å². The van der Waals surface area contributed by atoms with Crippen LogP contribution in [0.25, 0.3) is 0 Å². The minimum absolute atomic E-state index is 0.153. The van der Waals surface area contributed by atoms with E-state index in [1.807, 2.05) is 0 Å². The van der Waals surface area contributed by atoms with E-state index in [1.54, 1.807) is 13.8 Å². The molecule has 0 aromatic heterocycles. The molecule has 0 amide bonds. The van der Waals surface area contributed by atoms with E-state index in [1.165, 1.54) is 6.08 Å². The average Bonchev–Trinajstić information content (AvgIpc) is 1.83. The Morgan fingerprint density at radius 2 is 2.38 bits per heavy atom. The Balaban J connectivity index is 3.51. The summed E-state index contributed by atoms with van der Waals surface area (Å²) in [7, 11) is 0. The van der Waals surface area contributed by atoms with Crippen molar-refractivity contribution in [3.8, 4) is 11.8 Å². The van der Waals surface area contributed by atoms with E-state index in [-0.39, 0.29) is 12.2 Å². The van der Waals surface area contributed by atoms with Crippen molar-refractivity contribution in [2.75, 3.05) is 0 Å². The molecule has 0 rings (SSSR count). The minimum Gasteiger partial charge on any atom is -0.211 e. The third kappa shape index (κ3) is 3.42. The smallest absolute Gasteiger partial charge is 0.108 e. The summed E-state index contributed by atoms with van der Waals surface area (Å²) in [6, 6.07) is 0. The van der Waals surface area contributed by atoms with Crippen LogP contribution < -0.4 is 0 Å². The van der Waals surface area contributed by atoms with Crippen LogP contribution in [0.1, 0.15) is 20.3 Å². The fourth-order valence-electron chi connectivity index (χ4n) is 0.275. The summed E-state index contributed by atoms with van der Waals surface area (Å²) in [4.78, 5) is 0. The van der Waals surface area contributed by atoms with E-state index in [2.05, 4.69) is 11.8 Å². The van der Waals surface area contributed by atoms with Crippen molar-refractivity contribution in [3.05, 3.63) is 11.9 Å². The zero-order chi connectivity index (χ0) is 6.41. The molecule has 0 aromatic carbocycles. The maximum Gasteiger partial charge on any atom is 0.108 e. The van der Waals surface area contributed by atoms with Gasteiger partial charge in [-0.15, -0.1) is 5.92 Å². The Kier molecular flexibility index (Phi) is 3.97. The molecule has 44 valence electrons. The van der Waals surface area contributed by atoms with Gasteiger partial charge in [-0.3, -0.25) is 0 Å². The van der Waals surface area contributed by atoms with Crippen LogP contribution in [0.4, 0.5) is 4.39 Å². The maximum atomic E-state index is 12.1. The van der Waals surface area contributed by atoms with Crippen molar-refractivity contribution in [1.82, 2.24) is 0 Å². The van der Waals surface area contributed by atoms with E-state index in [0.29, 0.717) is 0 Å². The van der Waals surface area contributed by atoms with Gasteiger partial charge in [-0.1, -0.05) is 12.0 Å². The van der Waals surface area contributed by atoms with Gasteiger partial charge in [-0.25, -0.2) is 4.39 Å². The topological polar surface area (TPSA) is 0 Å². The molecule has 1 heteroatoms. The number of halogens is 1. The van der Waals surface area contributed by atoms with Gasteiger partial charge in [0.2, 0.25) is 0 Å². The predicted molar refractivity (Wildman–Crippen MR) is 32.9 cm³/mol. The molecular formula is C7H9F. The van der Waals surface area contributed by atoms with Gasteiger partial charge in [-0.2, -0.15) is 0 Å². The second-order valence-corrected chi connectivity index (χ2v) is 1.34. The number of hydrogen-bond acceptors (Lipinski definition) is 0. The number of rotatable bonds is 1. The lowest BCUT2D eigenvalue weighted by atomic mass is 10.3. The highest BCUT2D eigenvalue weighted by atomic mass is 19.1. The van der Waals surface area contributed by atoms with Crippen LogP contribution in [0.15, 0.2) is 11.9 Å². The van der Waals surface area contributed by atoms with Crippen LogP contribution in [-0.2, 0) is 0 Å². The highest BCUT2D eigenvalue weighted by Crippen LogP contribution is 1.98. The Bertz CT molecular complexity index is 134. The van der Waals surface area contributed by atoms with Crippen LogP contribution in [0.2, 0.25) is 0 Å². The summed E-state index contributed by atoms with van der Waals surface area (Å²) in [5, 5.41) is 0. The molecule has 0 saturated carbocycles. The molecule has 0 nitrogen and oxygen atoms in total. The van der Waals surface area contributed by atoms with E-state index in [0.717, 1.165) is 0 Å². The molecule has 0 fully saturated rings. The van der Waals surface area contributed by atoms with Crippen molar-refractivity contribution in [3.63, 3.8) is 0 Å². The molecular weight excluding hydrogens is 103 g/mol. The first-order chi connectivity index (χ1) is 3.81. The normalized spacial score (nSPS) is 10.1. The SMILES string of the molecule is CC#CC/C(F)=C\C. The summed E-state index contributed by atoms with van der Waals surface area (Å²) < 4.78 is 12.1. The molecule has 0 heterocycles. The quantitative estimate of drug-likeness (QED) is 0.456. The second-order valence-electron chi connectivity index (χ2n) is 1.34. The lowest BCUT2D eigenvalue weighted by Crippen LogP contribution is -1.66. The van der Waals surface area contributed by atoms with Crippen molar-refractivity contribution >= 4 is 0 Å². The molecule has 0 unspecified atom stereocenters. The highest BCUT2D eigenvalue weighted by molar-refractivity contribution is 5.05. The third-order valence-electron chi connectivity index (χ3n) is 0.747. The Morgan fingerprint density at radius 1 is 1.75 bits per heavy atom. The van der Waals surface area contributed by atoms with Crippen molar-refractivity contribution in [1.29, 1.82) is 0 Å². The first kappa shape index (κ1) is 7.23. The largest absolute Gasteiger partial charge is 0.211 e. The standard InChI is InChI=1S/C7H9F/c1-3-5-6-7(8)4-2/h4H,6H2,1-2H3/b7-4+. The van der Waals surface area contributed by atoms with Crippen LogP contribution in [-0.4, -0.2) is 0 Å². The minimum atomic E-state index is -0.153. The lowest BCUT2D eigenvalue weighted by Gasteiger charge is -1.80. The van der Waals surface area contributed by atoms with Gasteiger partial charge in [0.15, 0.2) is 0 Å². The van der Waals surface area contributed by atoms with E-state index in [4.69, 9.17) is 0 Å². The third-order valence-corrected chi connectivity index (χ3v) is 0.747. The molecule has 0 atom stereocenters. The van der Waals surface area contributed by atoms with E-state index in [9.17, 15) is 4.39 Å². The number of hydrogen-bond donors (Lipinski definition) is 0. The van der Waals surface area contributed by atoms with Crippen LogP contribution in [0, 0.1) is 11.8 Å². The van der Waals surface area contributed by atoms with Crippen molar-refractivity contribution in [2.24, 2.45) is 0 Å². The Morgan fingerprint density at radius 3 is 2.75 bits per heavy atom. The zero-order valence-electron chi connectivity index (χ0n) is 5.16. The molecule has 0 bridgehead atoms. The maximum absolute atomic E-state index is 12.1. The van der Waals surface area contributed by atoms with Gasteiger partial charge < -0.3 is 0 Å². The van der Waals surface area contributed by atoms with Crippen LogP contribution >= 0.6 is 0 Å². The fraction of sp³-hybridized carbons (Fsp3) is 0.429. The van der Waals surface area contributed by atoms with Gasteiger partial charge in [0, 0.05) is 0 Å². The van der Waals surface area contributed by atoms with Gasteiger partial charge in [0.05, 0.1) is 6.42 Å². The Hall–Kier alpha value is -0.770. The molecule has 8 heavy (non-hydrogen) atoms. The average molecular weight is 112 g/mol. The molecule has 0 N–H and O–H groups in total. The second kappa shape index (κ2) is 4.39. The molecule has 0 aliphatic rings. The van der Waals surface area contributed by atoms with Crippen LogP contribution in [0.5, 0.6) is 0 Å². The predicted octanol–water partition coefficient (Wildman–Crippen LogP) is 2.27. The molecule has 0 aliphatic carbocycles. The molecule has 0 aliphatic heterocycles. The first-order valence-electron chi connectivity index (χ1n) is 2.51. The highest BCUT2D eigenvalue weighted by Gasteiger charge is 1.83. The summed E-state index contributed by atoms with van der Waals surface area (Å²) in [6.45, 7) is 3.36. The molecule has 0 radical (unpaired) electrons. The molecule has 0 aromatic rings. The van der Waals surface area contributed by atoms with Gasteiger partial charge in [0.1, 0.15) is 5.83 Å². The van der Waals surface area contributed by atoms with Gasteiger partial charge in [-0.05, 0) is 13.8 Å². The van der Waals surface area contributed by atoms with Gasteiger partial charge >= 0.3 is 0 Å². The van der Waals surface area contributed by atoms with Crippen molar-refractivity contribution < 1.29 is 4.39 Å². The van der Waals surface area contributed by atoms with E-state index < -0.39 is 0 Å². The lowest BCUT2D eigenvalue weighted by molar-refractivity contribution is 0.619. The summed E-state index contributed by atoms with van der Waals surface area (Å²) in [6.07, 6.45) is 1.68. The summed E-state index contributed by atoms with van der Waals surface area (Å²) >= 11 is 0.